The van der Waals surface area contributed by atoms with Crippen LogP contribution in [0.2, 0.25) is 0 Å². The molecule has 33 heavy (non-hydrogen) atoms. The van der Waals surface area contributed by atoms with Gasteiger partial charge < -0.3 is 15.1 Å². The number of likely N-dealkylation sites (tertiary alicyclic amines) is 2. The van der Waals surface area contributed by atoms with Crippen molar-refractivity contribution in [3.8, 4) is 0 Å². The summed E-state index contributed by atoms with van der Waals surface area (Å²) in [5, 5.41) is 3.26. The van der Waals surface area contributed by atoms with Crippen molar-refractivity contribution in [1.29, 1.82) is 0 Å². The first-order valence-corrected chi connectivity index (χ1v) is 13.2. The number of fused-ring (bicyclic) bond motifs is 2. The van der Waals surface area contributed by atoms with Crippen LogP contribution in [0, 0.1) is 5.92 Å². The van der Waals surface area contributed by atoms with Crippen molar-refractivity contribution in [3.63, 3.8) is 0 Å². The average molecular weight is 452 g/mol. The molecule has 1 spiro atoms. The van der Waals surface area contributed by atoms with Crippen molar-refractivity contribution < 1.29 is 11.0 Å². The Morgan fingerprint density at radius 2 is 1.70 bits per heavy atom. The molecule has 180 valence electrons. The van der Waals surface area contributed by atoms with Gasteiger partial charge in [0.15, 0.2) is 0 Å². The summed E-state index contributed by atoms with van der Waals surface area (Å²) in [6.45, 7) is 8.24. The largest absolute Gasteiger partial charge is 0.349 e. The zero-order chi connectivity index (χ0) is 23.0. The van der Waals surface area contributed by atoms with E-state index in [1.54, 1.807) is 0 Å². The maximum Gasteiger partial charge on any atom is 0.251 e. The molecule has 1 saturated carbocycles. The van der Waals surface area contributed by atoms with Crippen LogP contribution < -0.4 is 5.32 Å². The molecular formula is C28H41N3O2. The quantitative estimate of drug-likeness (QED) is 0.699. The topological polar surface area (TPSA) is 52.7 Å². The molecule has 0 bridgehead atoms. The van der Waals surface area contributed by atoms with Gasteiger partial charge in [-0.2, -0.15) is 0 Å². The van der Waals surface area contributed by atoms with Gasteiger partial charge in [0, 0.05) is 43.5 Å². The summed E-state index contributed by atoms with van der Waals surface area (Å²) in [5.74, 6) is 0.822. The van der Waals surface area contributed by atoms with E-state index < -0.39 is 0 Å². The molecule has 0 aromatic heterocycles. The lowest BCUT2D eigenvalue weighted by molar-refractivity contribution is -0.134. The van der Waals surface area contributed by atoms with Crippen LogP contribution in [0.4, 0.5) is 0 Å². The SMILES string of the molecule is CCC(CC)NC(=O)C1=CC2(CCN(C3CCN(C(=O)C4CC4)CC3)CC2)c2ccccc21.[HH]. The number of benzene rings is 1. The highest BCUT2D eigenvalue weighted by Gasteiger charge is 2.43. The molecule has 1 N–H and O–H groups in total. The summed E-state index contributed by atoms with van der Waals surface area (Å²) < 4.78 is 0. The van der Waals surface area contributed by atoms with Crippen LogP contribution in [-0.4, -0.2) is 59.9 Å². The van der Waals surface area contributed by atoms with Gasteiger partial charge in [0.1, 0.15) is 0 Å². The molecule has 2 aliphatic carbocycles. The van der Waals surface area contributed by atoms with Gasteiger partial charge in [-0.15, -0.1) is 0 Å². The molecule has 0 radical (unpaired) electrons. The fourth-order valence-corrected chi connectivity index (χ4v) is 6.27. The number of amides is 2. The Labute approximate surface area is 200 Å². The Bertz CT molecular complexity index is 921. The van der Waals surface area contributed by atoms with E-state index in [9.17, 15) is 9.59 Å². The van der Waals surface area contributed by atoms with Gasteiger partial charge in [0.2, 0.25) is 5.91 Å². The van der Waals surface area contributed by atoms with E-state index in [1.807, 2.05) is 0 Å². The van der Waals surface area contributed by atoms with Gasteiger partial charge in [0.25, 0.3) is 5.91 Å². The fourth-order valence-electron chi connectivity index (χ4n) is 6.27. The van der Waals surface area contributed by atoms with E-state index >= 15 is 0 Å². The molecule has 0 unspecified atom stereocenters. The van der Waals surface area contributed by atoms with Crippen LogP contribution in [0.25, 0.3) is 5.57 Å². The molecule has 0 atom stereocenters. The lowest BCUT2D eigenvalue weighted by Crippen LogP contribution is -2.51. The van der Waals surface area contributed by atoms with Gasteiger partial charge >= 0.3 is 0 Å². The minimum Gasteiger partial charge on any atom is -0.349 e. The summed E-state index contributed by atoms with van der Waals surface area (Å²) in [4.78, 5) is 30.4. The van der Waals surface area contributed by atoms with E-state index in [0.29, 0.717) is 17.9 Å². The first kappa shape index (κ1) is 22.6. The predicted molar refractivity (Wildman–Crippen MR) is 134 cm³/mol. The Kier molecular flexibility index (Phi) is 6.34. The smallest absolute Gasteiger partial charge is 0.251 e. The van der Waals surface area contributed by atoms with Gasteiger partial charge in [-0.05, 0) is 75.6 Å². The number of nitrogens with zero attached hydrogens (tertiary/aromatic N) is 2. The Hall–Kier alpha value is -2.14. The summed E-state index contributed by atoms with van der Waals surface area (Å²) in [6.07, 6.45) is 10.7. The van der Waals surface area contributed by atoms with Gasteiger partial charge in [-0.1, -0.05) is 44.2 Å². The zero-order valence-electron chi connectivity index (χ0n) is 20.3. The van der Waals surface area contributed by atoms with Crippen LogP contribution >= 0.6 is 0 Å². The van der Waals surface area contributed by atoms with Crippen molar-refractivity contribution in [2.24, 2.45) is 5.92 Å². The molecule has 2 amide bonds. The molecule has 2 heterocycles. The van der Waals surface area contributed by atoms with E-state index in [1.165, 1.54) is 5.56 Å². The minimum atomic E-state index is -0.0175. The van der Waals surface area contributed by atoms with E-state index in [-0.39, 0.29) is 18.8 Å². The van der Waals surface area contributed by atoms with Gasteiger partial charge in [0.05, 0.1) is 0 Å². The standard InChI is InChI=1S/C28H39N3O2.H2/c1-3-21(4-2)29-26(32)24-19-28(25-8-6-5-7-23(24)25)13-17-30(18-14-28)22-11-15-31(16-12-22)27(33)20-9-10-20;/h5-8,19-22H,3-4,9-18H2,1-2H3,(H,29,32);1H. The highest BCUT2D eigenvalue weighted by Crippen LogP contribution is 2.47. The first-order valence-electron chi connectivity index (χ1n) is 13.2. The molecular weight excluding hydrogens is 410 g/mol. The molecule has 5 heteroatoms. The summed E-state index contributed by atoms with van der Waals surface area (Å²) >= 11 is 0. The number of carbonyl (C=O) groups is 2. The van der Waals surface area contributed by atoms with Crippen molar-refractivity contribution in [3.05, 3.63) is 41.5 Å². The van der Waals surface area contributed by atoms with Crippen molar-refractivity contribution in [2.75, 3.05) is 26.2 Å². The number of carbonyl (C=O) groups excluding carboxylic acids is 2. The second-order valence-electron chi connectivity index (χ2n) is 10.6. The van der Waals surface area contributed by atoms with Crippen LogP contribution in [0.5, 0.6) is 0 Å². The lowest BCUT2D eigenvalue weighted by Gasteiger charge is -2.45. The Morgan fingerprint density at radius 3 is 2.33 bits per heavy atom. The Morgan fingerprint density at radius 1 is 1.03 bits per heavy atom. The predicted octanol–water partition coefficient (Wildman–Crippen LogP) is 4.37. The molecule has 1 aromatic rings. The normalized spacial score (nSPS) is 23.0. The van der Waals surface area contributed by atoms with E-state index in [2.05, 4.69) is 59.3 Å². The monoisotopic (exact) mass is 451 g/mol. The number of piperidine rings is 2. The highest BCUT2D eigenvalue weighted by molar-refractivity contribution is 6.21. The molecule has 5 rings (SSSR count). The molecule has 1 aromatic carbocycles. The van der Waals surface area contributed by atoms with Crippen LogP contribution in [-0.2, 0) is 15.0 Å². The number of rotatable bonds is 6. The second-order valence-corrected chi connectivity index (χ2v) is 10.6. The third-order valence-corrected chi connectivity index (χ3v) is 8.65. The molecule has 2 aliphatic heterocycles. The highest BCUT2D eigenvalue weighted by atomic mass is 16.2. The van der Waals surface area contributed by atoms with Gasteiger partial charge in [-0.25, -0.2) is 0 Å². The fraction of sp³-hybridized carbons (Fsp3) is 0.643. The number of nitrogens with one attached hydrogen (secondary N) is 1. The van der Waals surface area contributed by atoms with E-state index in [4.69, 9.17) is 0 Å². The average Bonchev–Trinajstić information content (AvgIpc) is 3.67. The first-order chi connectivity index (χ1) is 16.0. The maximum absolute atomic E-state index is 13.2. The lowest BCUT2D eigenvalue weighted by atomic mass is 9.74. The summed E-state index contributed by atoms with van der Waals surface area (Å²) in [6, 6.07) is 9.37. The number of hydrogen-bond acceptors (Lipinski definition) is 3. The summed E-state index contributed by atoms with van der Waals surface area (Å²) in [7, 11) is 0. The molecule has 3 fully saturated rings. The van der Waals surface area contributed by atoms with Crippen molar-refractivity contribution >= 4 is 17.4 Å². The van der Waals surface area contributed by atoms with E-state index in [0.717, 1.165) is 88.7 Å². The minimum absolute atomic E-state index is 0. The zero-order valence-corrected chi connectivity index (χ0v) is 20.3. The van der Waals surface area contributed by atoms with Crippen molar-refractivity contribution in [2.45, 2.75) is 82.7 Å². The maximum atomic E-state index is 13.2. The Balaban J connectivity index is 0.00000274. The number of allylic oxidation sites excluding steroid dienone is 1. The third kappa shape index (κ3) is 4.37. The molecule has 2 saturated heterocycles. The third-order valence-electron chi connectivity index (χ3n) is 8.65. The van der Waals surface area contributed by atoms with Crippen LogP contribution in [0.1, 0.15) is 77.8 Å². The summed E-state index contributed by atoms with van der Waals surface area (Å²) in [5.41, 5.74) is 3.32. The van der Waals surface area contributed by atoms with Crippen LogP contribution in [0.15, 0.2) is 30.3 Å². The van der Waals surface area contributed by atoms with Gasteiger partial charge in [-0.3, -0.25) is 9.59 Å². The molecule has 5 nitrogen and oxygen atoms in total. The number of hydrogen-bond donors (Lipinski definition) is 1. The van der Waals surface area contributed by atoms with Crippen molar-refractivity contribution in [1.82, 2.24) is 15.1 Å². The molecule has 4 aliphatic rings. The second kappa shape index (κ2) is 9.25. The van der Waals surface area contributed by atoms with Crippen LogP contribution in [0.3, 0.4) is 0 Å².